The number of thiophene rings is 1. The maximum atomic E-state index is 12.3. The smallest absolute Gasteiger partial charge is 0.204 e. The van der Waals surface area contributed by atoms with E-state index in [4.69, 9.17) is 5.73 Å². The molecule has 0 saturated heterocycles. The van der Waals surface area contributed by atoms with Crippen LogP contribution in [-0.4, -0.2) is 5.78 Å². The Labute approximate surface area is 120 Å². The van der Waals surface area contributed by atoms with Crippen molar-refractivity contribution in [3.05, 3.63) is 48.5 Å². The van der Waals surface area contributed by atoms with Crippen LogP contribution in [0.3, 0.4) is 0 Å². The van der Waals surface area contributed by atoms with Crippen molar-refractivity contribution in [3.63, 3.8) is 0 Å². The number of carbonyl (C=O) groups excluding carboxylic acids is 1. The van der Waals surface area contributed by atoms with Crippen LogP contribution in [0.15, 0.2) is 32.5 Å². The molecule has 2 aromatic rings. The lowest BCUT2D eigenvalue weighted by atomic mass is 10.1. The molecule has 0 radical (unpaired) electrons. The summed E-state index contributed by atoms with van der Waals surface area (Å²) in [6, 6.07) is 7.10. The lowest BCUT2D eigenvalue weighted by molar-refractivity contribution is 0.104. The molecule has 0 atom stereocenters. The zero-order chi connectivity index (χ0) is 12.6. The van der Waals surface area contributed by atoms with Gasteiger partial charge in [-0.15, -0.1) is 11.3 Å². The molecular weight excluding hydrogens is 366 g/mol. The Hall–Kier alpha value is -0.650. The molecule has 1 heterocycles. The lowest BCUT2D eigenvalue weighted by Crippen LogP contribution is -2.00. The van der Waals surface area contributed by atoms with Crippen LogP contribution in [0.25, 0.3) is 0 Å². The molecule has 0 unspecified atom stereocenters. The van der Waals surface area contributed by atoms with Crippen molar-refractivity contribution >= 4 is 54.7 Å². The largest absolute Gasteiger partial charge is 0.399 e. The van der Waals surface area contributed by atoms with Crippen molar-refractivity contribution < 1.29 is 4.79 Å². The predicted octanol–water partition coefficient (Wildman–Crippen LogP) is 4.39. The lowest BCUT2D eigenvalue weighted by Gasteiger charge is -2.02. The second-order valence-corrected chi connectivity index (χ2v) is 6.86. The Morgan fingerprint density at radius 2 is 2.00 bits per heavy atom. The highest BCUT2D eigenvalue weighted by molar-refractivity contribution is 9.11. The van der Waals surface area contributed by atoms with E-state index in [9.17, 15) is 4.79 Å². The van der Waals surface area contributed by atoms with Gasteiger partial charge in [-0.05, 0) is 68.6 Å². The minimum atomic E-state index is 0.00988. The standard InChI is InChI=1S/C12H9Br2NOS/c1-6-4-10(17-12(6)14)11(16)8-3-2-7(15)5-9(8)13/h2-5H,15H2,1H3. The van der Waals surface area contributed by atoms with Crippen LogP contribution in [0.1, 0.15) is 20.8 Å². The molecule has 2 rings (SSSR count). The summed E-state index contributed by atoms with van der Waals surface area (Å²) >= 11 is 8.23. The summed E-state index contributed by atoms with van der Waals surface area (Å²) in [7, 11) is 0. The number of anilines is 1. The molecule has 0 aliphatic carbocycles. The normalized spacial score (nSPS) is 10.5. The third-order valence-electron chi connectivity index (χ3n) is 2.32. The summed E-state index contributed by atoms with van der Waals surface area (Å²) in [5, 5.41) is 0. The van der Waals surface area contributed by atoms with Gasteiger partial charge in [0.25, 0.3) is 0 Å². The highest BCUT2D eigenvalue weighted by Gasteiger charge is 2.16. The maximum absolute atomic E-state index is 12.3. The van der Waals surface area contributed by atoms with Gasteiger partial charge in [-0.3, -0.25) is 4.79 Å². The number of nitrogens with two attached hydrogens (primary N) is 1. The van der Waals surface area contributed by atoms with E-state index in [-0.39, 0.29) is 5.78 Å². The first kappa shape index (κ1) is 12.8. The summed E-state index contributed by atoms with van der Waals surface area (Å²) in [5.41, 5.74) is 7.99. The molecular formula is C12H9Br2NOS. The fraction of sp³-hybridized carbons (Fsp3) is 0.0833. The van der Waals surface area contributed by atoms with Crippen LogP contribution in [0.4, 0.5) is 5.69 Å². The van der Waals surface area contributed by atoms with Crippen LogP contribution < -0.4 is 5.73 Å². The predicted molar refractivity (Wildman–Crippen MR) is 78.7 cm³/mol. The molecule has 5 heteroatoms. The van der Waals surface area contributed by atoms with E-state index in [1.165, 1.54) is 11.3 Å². The quantitative estimate of drug-likeness (QED) is 0.625. The van der Waals surface area contributed by atoms with Crippen LogP contribution in [0.5, 0.6) is 0 Å². The topological polar surface area (TPSA) is 43.1 Å². The molecule has 0 saturated carbocycles. The molecule has 2 N–H and O–H groups in total. The van der Waals surface area contributed by atoms with Crippen molar-refractivity contribution in [1.29, 1.82) is 0 Å². The molecule has 88 valence electrons. The molecule has 0 aliphatic rings. The van der Waals surface area contributed by atoms with Gasteiger partial charge in [-0.2, -0.15) is 0 Å². The number of aryl methyl sites for hydroxylation is 1. The van der Waals surface area contributed by atoms with Gasteiger partial charge in [0.15, 0.2) is 0 Å². The average molecular weight is 375 g/mol. The Kier molecular flexibility index (Phi) is 3.70. The number of hydrogen-bond acceptors (Lipinski definition) is 3. The molecule has 2 nitrogen and oxygen atoms in total. The zero-order valence-electron chi connectivity index (χ0n) is 8.96. The van der Waals surface area contributed by atoms with Gasteiger partial charge in [-0.25, -0.2) is 0 Å². The summed E-state index contributed by atoms with van der Waals surface area (Å²) in [6.45, 7) is 1.97. The van der Waals surface area contributed by atoms with E-state index in [0.29, 0.717) is 11.3 Å². The summed E-state index contributed by atoms with van der Waals surface area (Å²) in [4.78, 5) is 13.0. The maximum Gasteiger partial charge on any atom is 0.204 e. The zero-order valence-corrected chi connectivity index (χ0v) is 12.9. The van der Waals surface area contributed by atoms with Gasteiger partial charge >= 0.3 is 0 Å². The van der Waals surface area contributed by atoms with Crippen LogP contribution in [0.2, 0.25) is 0 Å². The highest BCUT2D eigenvalue weighted by atomic mass is 79.9. The number of nitrogen functional groups attached to an aromatic ring is 1. The Morgan fingerprint density at radius 3 is 2.53 bits per heavy atom. The van der Waals surface area contributed by atoms with Gasteiger partial charge in [0.05, 0.1) is 8.66 Å². The molecule has 1 aromatic carbocycles. The van der Waals surface area contributed by atoms with Crippen LogP contribution >= 0.6 is 43.2 Å². The number of halogens is 2. The van der Waals surface area contributed by atoms with Crippen molar-refractivity contribution in [3.8, 4) is 0 Å². The van der Waals surface area contributed by atoms with Crippen LogP contribution in [0, 0.1) is 6.92 Å². The van der Waals surface area contributed by atoms with Crippen LogP contribution in [-0.2, 0) is 0 Å². The number of ketones is 1. The van der Waals surface area contributed by atoms with E-state index >= 15 is 0 Å². The Morgan fingerprint density at radius 1 is 1.29 bits per heavy atom. The van der Waals surface area contributed by atoms with E-state index in [1.807, 2.05) is 13.0 Å². The van der Waals surface area contributed by atoms with E-state index in [2.05, 4.69) is 31.9 Å². The molecule has 0 amide bonds. The summed E-state index contributed by atoms with van der Waals surface area (Å²) in [6.07, 6.45) is 0. The molecule has 0 spiro atoms. The second-order valence-electron chi connectivity index (χ2n) is 3.64. The van der Waals surface area contributed by atoms with Gasteiger partial charge in [-0.1, -0.05) is 0 Å². The van der Waals surface area contributed by atoms with E-state index < -0.39 is 0 Å². The van der Waals surface area contributed by atoms with Crippen molar-refractivity contribution in [2.75, 3.05) is 5.73 Å². The fourth-order valence-electron chi connectivity index (χ4n) is 1.42. The molecule has 0 fully saturated rings. The molecule has 1 aromatic heterocycles. The first-order valence-corrected chi connectivity index (χ1v) is 7.25. The average Bonchev–Trinajstić information content (AvgIpc) is 2.58. The minimum Gasteiger partial charge on any atom is -0.399 e. The molecule has 17 heavy (non-hydrogen) atoms. The number of carbonyl (C=O) groups is 1. The van der Waals surface area contributed by atoms with Crippen molar-refractivity contribution in [1.82, 2.24) is 0 Å². The van der Waals surface area contributed by atoms with Crippen molar-refractivity contribution in [2.45, 2.75) is 6.92 Å². The number of rotatable bonds is 2. The van der Waals surface area contributed by atoms with Gasteiger partial charge < -0.3 is 5.73 Å². The molecule has 0 aliphatic heterocycles. The van der Waals surface area contributed by atoms with Gasteiger partial charge in [0, 0.05) is 15.7 Å². The summed E-state index contributed by atoms with van der Waals surface area (Å²) < 4.78 is 1.72. The van der Waals surface area contributed by atoms with Gasteiger partial charge in [0.1, 0.15) is 0 Å². The highest BCUT2D eigenvalue weighted by Crippen LogP contribution is 2.31. The van der Waals surface area contributed by atoms with Gasteiger partial charge in [0.2, 0.25) is 5.78 Å². The number of benzene rings is 1. The first-order chi connectivity index (χ1) is 7.99. The Balaban J connectivity index is 2.43. The minimum absolute atomic E-state index is 0.00988. The third-order valence-corrected chi connectivity index (χ3v) is 5.11. The Bertz CT molecular complexity index is 573. The fourth-order valence-corrected chi connectivity index (χ4v) is 3.49. The molecule has 0 bridgehead atoms. The van der Waals surface area contributed by atoms with Crippen molar-refractivity contribution in [2.24, 2.45) is 0 Å². The van der Waals surface area contributed by atoms with E-state index in [1.54, 1.807) is 18.2 Å². The summed E-state index contributed by atoms with van der Waals surface area (Å²) in [5.74, 6) is 0.00988. The monoisotopic (exact) mass is 373 g/mol. The third kappa shape index (κ3) is 2.61. The SMILES string of the molecule is Cc1cc(C(=O)c2ccc(N)cc2Br)sc1Br. The van der Waals surface area contributed by atoms with E-state index in [0.717, 1.165) is 18.7 Å². The first-order valence-electron chi connectivity index (χ1n) is 4.84. The second kappa shape index (κ2) is 4.92. The number of hydrogen-bond donors (Lipinski definition) is 1.